The molecular formula is C19H20ClN. The summed E-state index contributed by atoms with van der Waals surface area (Å²) in [4.78, 5) is 2.67. The van der Waals surface area contributed by atoms with Crippen LogP contribution in [0.1, 0.15) is 41.0 Å². The highest BCUT2D eigenvalue weighted by atomic mass is 35.5. The number of hydrogen-bond acceptors (Lipinski definition) is 1. The molecule has 108 valence electrons. The van der Waals surface area contributed by atoms with Gasteiger partial charge in [0.25, 0.3) is 0 Å². The molecule has 2 heteroatoms. The molecule has 0 N–H and O–H groups in total. The normalized spacial score (nSPS) is 22.1. The monoisotopic (exact) mass is 297 g/mol. The Morgan fingerprint density at radius 2 is 1.86 bits per heavy atom. The Bertz CT molecular complexity index is 661. The van der Waals surface area contributed by atoms with Crippen LogP contribution in [0, 0.1) is 6.92 Å². The lowest BCUT2D eigenvalue weighted by Gasteiger charge is -2.36. The predicted octanol–water partition coefficient (Wildman–Crippen LogP) is 4.76. The van der Waals surface area contributed by atoms with Gasteiger partial charge in [0, 0.05) is 30.1 Å². The highest BCUT2D eigenvalue weighted by Crippen LogP contribution is 2.40. The standard InChI is InChI=1S/C19H20ClN/c1-13-9-15(20)10-17-18(13)11-21(16-7-8-16)12-19(17)14-5-3-2-4-6-14/h2-6,9-10,16,19H,7-8,11-12H2,1H3. The second-order valence-corrected chi connectivity index (χ2v) is 6.85. The van der Waals surface area contributed by atoms with Gasteiger partial charge in [0.2, 0.25) is 0 Å². The average molecular weight is 298 g/mol. The number of benzene rings is 2. The van der Waals surface area contributed by atoms with Crippen molar-refractivity contribution in [2.24, 2.45) is 0 Å². The van der Waals surface area contributed by atoms with Gasteiger partial charge >= 0.3 is 0 Å². The molecule has 2 aromatic carbocycles. The van der Waals surface area contributed by atoms with Crippen molar-refractivity contribution in [2.75, 3.05) is 6.54 Å². The summed E-state index contributed by atoms with van der Waals surface area (Å²) < 4.78 is 0. The van der Waals surface area contributed by atoms with E-state index in [1.807, 2.05) is 0 Å². The van der Waals surface area contributed by atoms with Crippen LogP contribution < -0.4 is 0 Å². The van der Waals surface area contributed by atoms with Crippen molar-refractivity contribution >= 4 is 11.6 Å². The van der Waals surface area contributed by atoms with Gasteiger partial charge in [-0.25, -0.2) is 0 Å². The van der Waals surface area contributed by atoms with Crippen LogP contribution in [0.15, 0.2) is 42.5 Å². The van der Waals surface area contributed by atoms with Gasteiger partial charge in [0.05, 0.1) is 0 Å². The van der Waals surface area contributed by atoms with Crippen LogP contribution in [0.4, 0.5) is 0 Å². The molecule has 1 aliphatic carbocycles. The third-order valence-corrected chi connectivity index (χ3v) is 5.11. The Balaban J connectivity index is 1.82. The van der Waals surface area contributed by atoms with Gasteiger partial charge in [-0.05, 0) is 54.2 Å². The first-order chi connectivity index (χ1) is 10.2. The van der Waals surface area contributed by atoms with Crippen LogP contribution in [-0.4, -0.2) is 17.5 Å². The zero-order chi connectivity index (χ0) is 14.4. The van der Waals surface area contributed by atoms with Gasteiger partial charge in [-0.15, -0.1) is 0 Å². The summed E-state index contributed by atoms with van der Waals surface area (Å²) in [5, 5.41) is 0.868. The van der Waals surface area contributed by atoms with Crippen molar-refractivity contribution in [3.63, 3.8) is 0 Å². The average Bonchev–Trinajstić information content (AvgIpc) is 3.32. The Hall–Kier alpha value is -1.31. The second kappa shape index (κ2) is 5.15. The maximum atomic E-state index is 6.33. The molecule has 0 spiro atoms. The molecule has 0 bridgehead atoms. The smallest absolute Gasteiger partial charge is 0.0411 e. The summed E-state index contributed by atoms with van der Waals surface area (Å²) in [6.07, 6.45) is 2.73. The first kappa shape index (κ1) is 13.4. The van der Waals surface area contributed by atoms with Crippen LogP contribution >= 0.6 is 11.6 Å². The van der Waals surface area contributed by atoms with Crippen LogP contribution in [-0.2, 0) is 6.54 Å². The lowest BCUT2D eigenvalue weighted by molar-refractivity contribution is 0.230. The minimum absolute atomic E-state index is 0.452. The molecule has 2 aliphatic rings. The Kier molecular flexibility index (Phi) is 3.28. The van der Waals surface area contributed by atoms with E-state index in [1.165, 1.54) is 35.1 Å². The summed E-state index contributed by atoms with van der Waals surface area (Å²) in [6, 6.07) is 16.0. The number of aryl methyl sites for hydroxylation is 1. The van der Waals surface area contributed by atoms with Gasteiger partial charge in [0.15, 0.2) is 0 Å². The van der Waals surface area contributed by atoms with E-state index in [-0.39, 0.29) is 0 Å². The van der Waals surface area contributed by atoms with Crippen molar-refractivity contribution in [3.05, 3.63) is 69.7 Å². The molecular weight excluding hydrogens is 278 g/mol. The summed E-state index contributed by atoms with van der Waals surface area (Å²) in [7, 11) is 0. The van der Waals surface area contributed by atoms with Gasteiger partial charge < -0.3 is 0 Å². The van der Waals surface area contributed by atoms with Crippen LogP contribution in [0.25, 0.3) is 0 Å². The lowest BCUT2D eigenvalue weighted by Crippen LogP contribution is -2.36. The second-order valence-electron chi connectivity index (χ2n) is 6.41. The van der Waals surface area contributed by atoms with E-state index in [0.717, 1.165) is 24.2 Å². The topological polar surface area (TPSA) is 3.24 Å². The maximum absolute atomic E-state index is 6.33. The van der Waals surface area contributed by atoms with Crippen molar-refractivity contribution in [2.45, 2.75) is 38.3 Å². The lowest BCUT2D eigenvalue weighted by atomic mass is 9.83. The third-order valence-electron chi connectivity index (χ3n) is 4.89. The Labute approximate surface area is 131 Å². The molecule has 0 aromatic heterocycles. The van der Waals surface area contributed by atoms with Crippen molar-refractivity contribution in [1.82, 2.24) is 4.90 Å². The fourth-order valence-electron chi connectivity index (χ4n) is 3.61. The molecule has 21 heavy (non-hydrogen) atoms. The molecule has 1 atom stereocenters. The van der Waals surface area contributed by atoms with Crippen LogP contribution in [0.3, 0.4) is 0 Å². The zero-order valence-corrected chi connectivity index (χ0v) is 13.1. The molecule has 0 amide bonds. The highest BCUT2D eigenvalue weighted by molar-refractivity contribution is 6.30. The number of hydrogen-bond donors (Lipinski definition) is 0. The fourth-order valence-corrected chi connectivity index (χ4v) is 3.90. The number of halogens is 1. The minimum Gasteiger partial charge on any atom is -0.295 e. The minimum atomic E-state index is 0.452. The molecule has 0 saturated heterocycles. The number of nitrogens with zero attached hydrogens (tertiary/aromatic N) is 1. The SMILES string of the molecule is Cc1cc(Cl)cc2c1CN(C1CC1)CC2c1ccccc1. The van der Waals surface area contributed by atoms with Gasteiger partial charge in [-0.3, -0.25) is 4.90 Å². The van der Waals surface area contributed by atoms with Gasteiger partial charge in [-0.1, -0.05) is 41.9 Å². The first-order valence-electron chi connectivity index (χ1n) is 7.80. The summed E-state index contributed by atoms with van der Waals surface area (Å²) >= 11 is 6.33. The summed E-state index contributed by atoms with van der Waals surface area (Å²) in [5.74, 6) is 0.452. The largest absolute Gasteiger partial charge is 0.295 e. The molecule has 1 saturated carbocycles. The van der Waals surface area contributed by atoms with Crippen LogP contribution in [0.2, 0.25) is 5.02 Å². The summed E-state index contributed by atoms with van der Waals surface area (Å²) in [6.45, 7) is 4.41. The number of rotatable bonds is 2. The molecule has 1 fully saturated rings. The quantitative estimate of drug-likeness (QED) is 0.772. The number of fused-ring (bicyclic) bond motifs is 1. The predicted molar refractivity (Wildman–Crippen MR) is 87.9 cm³/mol. The van der Waals surface area contributed by atoms with E-state index >= 15 is 0 Å². The van der Waals surface area contributed by atoms with Gasteiger partial charge in [0.1, 0.15) is 0 Å². The van der Waals surface area contributed by atoms with Crippen molar-refractivity contribution in [3.8, 4) is 0 Å². The fraction of sp³-hybridized carbons (Fsp3) is 0.368. The van der Waals surface area contributed by atoms with E-state index < -0.39 is 0 Å². The van der Waals surface area contributed by atoms with Crippen molar-refractivity contribution < 1.29 is 0 Å². The Morgan fingerprint density at radius 3 is 2.57 bits per heavy atom. The zero-order valence-electron chi connectivity index (χ0n) is 12.3. The maximum Gasteiger partial charge on any atom is 0.0411 e. The molecule has 1 nitrogen and oxygen atoms in total. The molecule has 2 aromatic rings. The molecule has 1 heterocycles. The molecule has 4 rings (SSSR count). The van der Waals surface area contributed by atoms with Crippen molar-refractivity contribution in [1.29, 1.82) is 0 Å². The van der Waals surface area contributed by atoms with E-state index in [1.54, 1.807) is 0 Å². The third kappa shape index (κ3) is 2.49. The van der Waals surface area contributed by atoms with E-state index in [2.05, 4.69) is 54.3 Å². The van der Waals surface area contributed by atoms with E-state index in [4.69, 9.17) is 11.6 Å². The molecule has 0 radical (unpaired) electrons. The molecule has 1 unspecified atom stereocenters. The summed E-state index contributed by atoms with van der Waals surface area (Å²) in [5.41, 5.74) is 5.67. The molecule has 1 aliphatic heterocycles. The van der Waals surface area contributed by atoms with Gasteiger partial charge in [-0.2, -0.15) is 0 Å². The Morgan fingerprint density at radius 1 is 1.10 bits per heavy atom. The highest BCUT2D eigenvalue weighted by Gasteiger charge is 2.36. The first-order valence-corrected chi connectivity index (χ1v) is 8.18. The van der Waals surface area contributed by atoms with Crippen LogP contribution in [0.5, 0.6) is 0 Å². The van der Waals surface area contributed by atoms with E-state index in [9.17, 15) is 0 Å². The van der Waals surface area contributed by atoms with E-state index in [0.29, 0.717) is 5.92 Å².